The molecule has 84 valence electrons. The number of hydrazine groups is 1. The average molecular weight is 200 g/mol. The predicted molar refractivity (Wildman–Crippen MR) is 58.8 cm³/mol. The molecular weight excluding hydrogens is 176 g/mol. The summed E-state index contributed by atoms with van der Waals surface area (Å²) in [7, 11) is 0. The number of ether oxygens (including phenoxy) is 1. The van der Waals surface area contributed by atoms with Gasteiger partial charge >= 0.3 is 0 Å². The van der Waals surface area contributed by atoms with Gasteiger partial charge in [-0.1, -0.05) is 19.3 Å². The molecule has 3 nitrogen and oxygen atoms in total. The highest BCUT2D eigenvalue weighted by atomic mass is 16.5. The molecule has 0 saturated heterocycles. The van der Waals surface area contributed by atoms with Crippen molar-refractivity contribution in [3.05, 3.63) is 0 Å². The van der Waals surface area contributed by atoms with Gasteiger partial charge in [0.1, 0.15) is 0 Å². The normalized spacial score (nSPS) is 23.4. The van der Waals surface area contributed by atoms with Gasteiger partial charge in [0.2, 0.25) is 0 Å². The van der Waals surface area contributed by atoms with E-state index >= 15 is 0 Å². The first-order valence-corrected chi connectivity index (χ1v) is 5.87. The summed E-state index contributed by atoms with van der Waals surface area (Å²) in [6.45, 7) is 4.92. The van der Waals surface area contributed by atoms with Crippen LogP contribution in [0.4, 0.5) is 0 Å². The van der Waals surface area contributed by atoms with Gasteiger partial charge in [0.25, 0.3) is 0 Å². The fraction of sp³-hybridized carbons (Fsp3) is 1.00. The van der Waals surface area contributed by atoms with Crippen LogP contribution < -0.4 is 11.3 Å². The van der Waals surface area contributed by atoms with Gasteiger partial charge in [-0.05, 0) is 32.6 Å². The van der Waals surface area contributed by atoms with Crippen LogP contribution in [0.5, 0.6) is 0 Å². The number of hydrogen-bond donors (Lipinski definition) is 2. The molecule has 1 rings (SSSR count). The second-order valence-corrected chi connectivity index (χ2v) is 4.25. The molecule has 14 heavy (non-hydrogen) atoms. The summed E-state index contributed by atoms with van der Waals surface area (Å²) >= 11 is 0. The standard InChI is InChI=1S/C11H24N2O/c1-3-14-9(2)11(13-12)10-7-5-4-6-8-10/h9-11,13H,3-8,12H2,1-2H3. The molecule has 0 aromatic heterocycles. The van der Waals surface area contributed by atoms with E-state index in [0.29, 0.717) is 12.0 Å². The van der Waals surface area contributed by atoms with E-state index in [0.717, 1.165) is 6.61 Å². The van der Waals surface area contributed by atoms with E-state index < -0.39 is 0 Å². The van der Waals surface area contributed by atoms with Crippen molar-refractivity contribution < 1.29 is 4.74 Å². The van der Waals surface area contributed by atoms with Gasteiger partial charge < -0.3 is 4.74 Å². The molecule has 1 fully saturated rings. The predicted octanol–water partition coefficient (Wildman–Crippen LogP) is 1.82. The van der Waals surface area contributed by atoms with Crippen molar-refractivity contribution in [2.24, 2.45) is 11.8 Å². The summed E-state index contributed by atoms with van der Waals surface area (Å²) < 4.78 is 5.61. The molecule has 3 N–H and O–H groups in total. The highest BCUT2D eigenvalue weighted by molar-refractivity contribution is 4.82. The first-order valence-electron chi connectivity index (χ1n) is 5.87. The molecule has 0 bridgehead atoms. The van der Waals surface area contributed by atoms with Gasteiger partial charge in [-0.25, -0.2) is 0 Å². The Labute approximate surface area is 87.4 Å². The van der Waals surface area contributed by atoms with E-state index in [1.54, 1.807) is 0 Å². The Bertz CT molecular complexity index is 146. The molecule has 2 atom stereocenters. The van der Waals surface area contributed by atoms with E-state index in [2.05, 4.69) is 12.3 Å². The lowest BCUT2D eigenvalue weighted by atomic mass is 9.82. The fourth-order valence-corrected chi connectivity index (χ4v) is 2.51. The van der Waals surface area contributed by atoms with E-state index in [4.69, 9.17) is 10.6 Å². The smallest absolute Gasteiger partial charge is 0.0715 e. The van der Waals surface area contributed by atoms with Gasteiger partial charge in [0.15, 0.2) is 0 Å². The molecule has 1 saturated carbocycles. The van der Waals surface area contributed by atoms with Crippen LogP contribution in [0.25, 0.3) is 0 Å². The van der Waals surface area contributed by atoms with Gasteiger partial charge in [-0.15, -0.1) is 0 Å². The van der Waals surface area contributed by atoms with Crippen LogP contribution in [0.1, 0.15) is 46.0 Å². The second-order valence-electron chi connectivity index (χ2n) is 4.25. The maximum Gasteiger partial charge on any atom is 0.0715 e. The SMILES string of the molecule is CCOC(C)C(NN)C1CCCCC1. The van der Waals surface area contributed by atoms with E-state index in [1.165, 1.54) is 32.1 Å². The summed E-state index contributed by atoms with van der Waals surface area (Å²) in [5.41, 5.74) is 2.93. The topological polar surface area (TPSA) is 47.3 Å². The highest BCUT2D eigenvalue weighted by Gasteiger charge is 2.27. The Kier molecular flexibility index (Phi) is 5.45. The average Bonchev–Trinajstić information content (AvgIpc) is 2.21. The minimum Gasteiger partial charge on any atom is -0.377 e. The molecule has 1 aliphatic rings. The molecule has 0 aromatic rings. The van der Waals surface area contributed by atoms with Crippen molar-refractivity contribution in [1.82, 2.24) is 5.43 Å². The summed E-state index contributed by atoms with van der Waals surface area (Å²) in [6, 6.07) is 0.329. The van der Waals surface area contributed by atoms with Crippen LogP contribution in [-0.2, 0) is 4.74 Å². The van der Waals surface area contributed by atoms with Crippen LogP contribution in [0, 0.1) is 5.92 Å². The molecule has 1 aliphatic carbocycles. The zero-order valence-corrected chi connectivity index (χ0v) is 9.46. The van der Waals surface area contributed by atoms with Gasteiger partial charge in [0, 0.05) is 12.6 Å². The zero-order valence-electron chi connectivity index (χ0n) is 9.46. The second kappa shape index (κ2) is 6.38. The van der Waals surface area contributed by atoms with Crippen molar-refractivity contribution in [3.63, 3.8) is 0 Å². The molecule has 0 amide bonds. The lowest BCUT2D eigenvalue weighted by molar-refractivity contribution is 0.0236. The fourth-order valence-electron chi connectivity index (χ4n) is 2.51. The zero-order chi connectivity index (χ0) is 10.4. The number of nitrogens with two attached hydrogens (primary N) is 1. The highest BCUT2D eigenvalue weighted by Crippen LogP contribution is 2.28. The van der Waals surface area contributed by atoms with E-state index in [9.17, 15) is 0 Å². The molecule has 0 aromatic carbocycles. The van der Waals surface area contributed by atoms with Crippen LogP contribution in [0.3, 0.4) is 0 Å². The molecule has 0 radical (unpaired) electrons. The van der Waals surface area contributed by atoms with Gasteiger partial charge in [-0.2, -0.15) is 0 Å². The summed E-state index contributed by atoms with van der Waals surface area (Å²) in [6.07, 6.45) is 6.91. The lowest BCUT2D eigenvalue weighted by Crippen LogP contribution is -2.49. The van der Waals surface area contributed by atoms with Crippen molar-refractivity contribution in [3.8, 4) is 0 Å². The maximum absolute atomic E-state index is 5.61. The third kappa shape index (κ3) is 3.23. The van der Waals surface area contributed by atoms with Crippen LogP contribution in [-0.4, -0.2) is 18.8 Å². The first kappa shape index (κ1) is 12.0. The molecule has 0 aliphatic heterocycles. The minimum atomic E-state index is 0.230. The number of rotatable bonds is 5. The monoisotopic (exact) mass is 200 g/mol. The van der Waals surface area contributed by atoms with Crippen LogP contribution >= 0.6 is 0 Å². The Hall–Kier alpha value is -0.120. The Morgan fingerprint density at radius 2 is 2.00 bits per heavy atom. The molecule has 3 heteroatoms. The van der Waals surface area contributed by atoms with Gasteiger partial charge in [-0.3, -0.25) is 11.3 Å². The number of hydrogen-bond acceptors (Lipinski definition) is 3. The molecule has 0 heterocycles. The van der Waals surface area contributed by atoms with E-state index in [1.807, 2.05) is 6.92 Å². The third-order valence-corrected chi connectivity index (χ3v) is 3.29. The summed E-state index contributed by atoms with van der Waals surface area (Å²) in [5, 5.41) is 0. The Morgan fingerprint density at radius 3 is 2.50 bits per heavy atom. The molecule has 0 spiro atoms. The van der Waals surface area contributed by atoms with Crippen molar-refractivity contribution >= 4 is 0 Å². The Morgan fingerprint density at radius 1 is 1.36 bits per heavy atom. The van der Waals surface area contributed by atoms with E-state index in [-0.39, 0.29) is 6.10 Å². The van der Waals surface area contributed by atoms with Crippen LogP contribution in [0.15, 0.2) is 0 Å². The number of nitrogens with one attached hydrogen (secondary N) is 1. The van der Waals surface area contributed by atoms with Crippen molar-refractivity contribution in [2.45, 2.75) is 58.1 Å². The Balaban J connectivity index is 2.41. The third-order valence-electron chi connectivity index (χ3n) is 3.29. The molecule has 2 unspecified atom stereocenters. The van der Waals surface area contributed by atoms with Gasteiger partial charge in [0.05, 0.1) is 6.10 Å². The quantitative estimate of drug-likeness (QED) is 0.526. The maximum atomic E-state index is 5.61. The molecular formula is C11H24N2O. The summed E-state index contributed by atoms with van der Waals surface area (Å²) in [4.78, 5) is 0. The largest absolute Gasteiger partial charge is 0.377 e. The lowest BCUT2D eigenvalue weighted by Gasteiger charge is -2.33. The van der Waals surface area contributed by atoms with Crippen molar-refractivity contribution in [1.29, 1.82) is 0 Å². The first-order chi connectivity index (χ1) is 6.79. The van der Waals surface area contributed by atoms with Crippen molar-refractivity contribution in [2.75, 3.05) is 6.61 Å². The summed E-state index contributed by atoms with van der Waals surface area (Å²) in [5.74, 6) is 6.31. The minimum absolute atomic E-state index is 0.230. The van der Waals surface area contributed by atoms with Crippen LogP contribution in [0.2, 0.25) is 0 Å².